The van der Waals surface area contributed by atoms with Gasteiger partial charge in [-0.15, -0.1) is 0 Å². The first-order chi connectivity index (χ1) is 8.99. The molecule has 0 amide bonds. The minimum Gasteiger partial charge on any atom is -0.382 e. The zero-order chi connectivity index (χ0) is 14.2. The lowest BCUT2D eigenvalue weighted by Gasteiger charge is -2.09. The fourth-order valence-electron chi connectivity index (χ4n) is 1.53. The van der Waals surface area contributed by atoms with Crippen LogP contribution in [0.25, 0.3) is 5.69 Å². The van der Waals surface area contributed by atoms with Gasteiger partial charge < -0.3 is 5.73 Å². The van der Waals surface area contributed by atoms with Gasteiger partial charge >= 0.3 is 0 Å². The Kier molecular flexibility index (Phi) is 3.55. The van der Waals surface area contributed by atoms with Crippen LogP contribution in [-0.2, 0) is 0 Å². The third-order valence-corrected chi connectivity index (χ3v) is 3.13. The number of hydrogen-bond acceptors (Lipinski definition) is 4. The Morgan fingerprint density at radius 2 is 1.68 bits per heavy atom. The number of benzene rings is 1. The van der Waals surface area contributed by atoms with Crippen LogP contribution in [0.4, 0.5) is 5.82 Å². The van der Waals surface area contributed by atoms with Crippen molar-refractivity contribution in [1.29, 1.82) is 10.5 Å². The van der Waals surface area contributed by atoms with Gasteiger partial charge in [0.15, 0.2) is 5.69 Å². The van der Waals surface area contributed by atoms with E-state index in [2.05, 4.69) is 5.10 Å². The summed E-state index contributed by atoms with van der Waals surface area (Å²) in [7, 11) is 0. The number of hydrogen-bond donors (Lipinski definition) is 1. The molecule has 0 aliphatic rings. The van der Waals surface area contributed by atoms with Crippen LogP contribution in [0.15, 0.2) is 12.1 Å². The molecule has 1 heterocycles. The molecule has 2 aromatic rings. The van der Waals surface area contributed by atoms with Gasteiger partial charge in [0, 0.05) is 5.02 Å². The lowest BCUT2D eigenvalue weighted by atomic mass is 10.2. The molecule has 0 unspecified atom stereocenters. The highest BCUT2D eigenvalue weighted by atomic mass is 35.5. The fraction of sp³-hybridized carbons (Fsp3) is 0. The first kappa shape index (κ1) is 13.5. The number of nitrogens with zero attached hydrogens (tertiary/aromatic N) is 4. The molecule has 8 heteroatoms. The Hall–Kier alpha value is -1.92. The molecule has 0 aliphatic carbocycles. The number of anilines is 1. The highest BCUT2D eigenvalue weighted by Crippen LogP contribution is 2.34. The lowest BCUT2D eigenvalue weighted by molar-refractivity contribution is 0.884. The van der Waals surface area contributed by atoms with Gasteiger partial charge in [0.25, 0.3) is 0 Å². The van der Waals surface area contributed by atoms with Crippen LogP contribution in [0, 0.1) is 22.7 Å². The Morgan fingerprint density at radius 1 is 1.11 bits per heavy atom. The molecule has 0 aliphatic heterocycles. The van der Waals surface area contributed by atoms with Gasteiger partial charge in [-0.2, -0.15) is 15.6 Å². The van der Waals surface area contributed by atoms with Crippen LogP contribution in [0.3, 0.4) is 0 Å². The molecule has 2 rings (SSSR count). The second-order valence-corrected chi connectivity index (χ2v) is 4.71. The van der Waals surface area contributed by atoms with E-state index in [0.717, 1.165) is 4.68 Å². The van der Waals surface area contributed by atoms with Gasteiger partial charge in [-0.3, -0.25) is 0 Å². The van der Waals surface area contributed by atoms with Crippen LogP contribution >= 0.6 is 34.8 Å². The van der Waals surface area contributed by atoms with Crippen LogP contribution in [-0.4, -0.2) is 9.78 Å². The van der Waals surface area contributed by atoms with Crippen molar-refractivity contribution in [1.82, 2.24) is 9.78 Å². The number of aromatic nitrogens is 2. The molecule has 1 aromatic carbocycles. The van der Waals surface area contributed by atoms with Crippen molar-refractivity contribution in [2.45, 2.75) is 0 Å². The average molecular weight is 313 g/mol. The highest BCUT2D eigenvalue weighted by Gasteiger charge is 2.20. The number of nitriles is 2. The molecule has 0 saturated carbocycles. The van der Waals surface area contributed by atoms with E-state index >= 15 is 0 Å². The Labute approximate surface area is 123 Å². The second kappa shape index (κ2) is 4.99. The lowest BCUT2D eigenvalue weighted by Crippen LogP contribution is -2.04. The van der Waals surface area contributed by atoms with Gasteiger partial charge in [-0.1, -0.05) is 34.8 Å². The highest BCUT2D eigenvalue weighted by molar-refractivity contribution is 6.40. The monoisotopic (exact) mass is 311 g/mol. The van der Waals surface area contributed by atoms with Crippen molar-refractivity contribution in [2.75, 3.05) is 5.73 Å². The van der Waals surface area contributed by atoms with Gasteiger partial charge in [0.05, 0.1) is 10.0 Å². The van der Waals surface area contributed by atoms with Gasteiger partial charge in [0.2, 0.25) is 0 Å². The summed E-state index contributed by atoms with van der Waals surface area (Å²) in [6.07, 6.45) is 0. The van der Waals surface area contributed by atoms with Gasteiger partial charge in [-0.25, -0.2) is 4.68 Å². The minimum atomic E-state index is -0.0953. The first-order valence-electron chi connectivity index (χ1n) is 4.83. The van der Waals surface area contributed by atoms with Crippen molar-refractivity contribution in [3.8, 4) is 17.8 Å². The maximum Gasteiger partial charge on any atom is 0.182 e. The fourth-order valence-corrected chi connectivity index (χ4v) is 2.50. The van der Waals surface area contributed by atoms with E-state index in [9.17, 15) is 0 Å². The summed E-state index contributed by atoms with van der Waals surface area (Å²) in [6.45, 7) is 0. The van der Waals surface area contributed by atoms with Crippen LogP contribution in [0.2, 0.25) is 15.1 Å². The Morgan fingerprint density at radius 3 is 2.11 bits per heavy atom. The largest absolute Gasteiger partial charge is 0.382 e. The molecule has 0 fully saturated rings. The summed E-state index contributed by atoms with van der Waals surface area (Å²) in [5, 5.41) is 22.5. The summed E-state index contributed by atoms with van der Waals surface area (Å²) >= 11 is 17.9. The molecule has 5 nitrogen and oxygen atoms in total. The predicted octanol–water partition coefficient (Wildman–Crippen LogP) is 3.16. The molecule has 1 aromatic heterocycles. The summed E-state index contributed by atoms with van der Waals surface area (Å²) < 4.78 is 1.15. The van der Waals surface area contributed by atoms with Crippen molar-refractivity contribution >= 4 is 40.6 Å². The SMILES string of the molecule is N#Cc1nn(-c2c(Cl)cc(Cl)cc2Cl)c(N)c1C#N. The quantitative estimate of drug-likeness (QED) is 0.875. The second-order valence-electron chi connectivity index (χ2n) is 3.46. The molecular weight excluding hydrogens is 309 g/mol. The summed E-state index contributed by atoms with van der Waals surface area (Å²) in [5.41, 5.74) is 5.92. The van der Waals surface area contributed by atoms with E-state index < -0.39 is 0 Å². The third-order valence-electron chi connectivity index (χ3n) is 2.33. The van der Waals surface area contributed by atoms with E-state index in [1.807, 2.05) is 6.07 Å². The number of nitrogens with two attached hydrogens (primary N) is 1. The standard InChI is InChI=1S/C11H4Cl3N5/c12-5-1-7(13)10(8(14)2-5)19-11(17)6(3-15)9(4-16)18-19/h1-2H,17H2. The molecule has 94 valence electrons. The van der Waals surface area contributed by atoms with E-state index in [-0.39, 0.29) is 32.8 Å². The number of nitrogen functional groups attached to an aromatic ring is 1. The molecule has 19 heavy (non-hydrogen) atoms. The molecule has 0 radical (unpaired) electrons. The molecular formula is C11H4Cl3N5. The molecule has 0 atom stereocenters. The first-order valence-corrected chi connectivity index (χ1v) is 5.96. The number of rotatable bonds is 1. The summed E-state index contributed by atoms with van der Waals surface area (Å²) in [5.74, 6) is -0.00910. The van der Waals surface area contributed by atoms with E-state index in [1.165, 1.54) is 12.1 Å². The van der Waals surface area contributed by atoms with Gasteiger partial charge in [0.1, 0.15) is 29.2 Å². The molecule has 2 N–H and O–H groups in total. The van der Waals surface area contributed by atoms with E-state index in [0.29, 0.717) is 5.02 Å². The van der Waals surface area contributed by atoms with Crippen LogP contribution < -0.4 is 5.73 Å². The summed E-state index contributed by atoms with van der Waals surface area (Å²) in [4.78, 5) is 0. The van der Waals surface area contributed by atoms with E-state index in [4.69, 9.17) is 51.1 Å². The topological polar surface area (TPSA) is 91.4 Å². The van der Waals surface area contributed by atoms with E-state index in [1.54, 1.807) is 6.07 Å². The normalized spacial score (nSPS) is 9.95. The van der Waals surface area contributed by atoms with Crippen molar-refractivity contribution in [2.24, 2.45) is 0 Å². The van der Waals surface area contributed by atoms with Crippen LogP contribution in [0.5, 0.6) is 0 Å². The smallest absolute Gasteiger partial charge is 0.182 e. The number of halogens is 3. The predicted molar refractivity (Wildman–Crippen MR) is 72.4 cm³/mol. The van der Waals surface area contributed by atoms with Crippen molar-refractivity contribution in [3.63, 3.8) is 0 Å². The maximum atomic E-state index is 8.95. The molecule has 0 bridgehead atoms. The zero-order valence-electron chi connectivity index (χ0n) is 9.15. The maximum absolute atomic E-state index is 8.95. The van der Waals surface area contributed by atoms with Crippen LogP contribution in [0.1, 0.15) is 11.3 Å². The summed E-state index contributed by atoms with van der Waals surface area (Å²) in [6, 6.07) is 6.52. The van der Waals surface area contributed by atoms with Crippen molar-refractivity contribution < 1.29 is 0 Å². The zero-order valence-corrected chi connectivity index (χ0v) is 11.4. The van der Waals surface area contributed by atoms with Crippen molar-refractivity contribution in [3.05, 3.63) is 38.5 Å². The Balaban J connectivity index is 2.79. The van der Waals surface area contributed by atoms with Gasteiger partial charge in [-0.05, 0) is 12.1 Å². The average Bonchev–Trinajstić information content (AvgIpc) is 2.65. The molecule has 0 spiro atoms. The Bertz CT molecular complexity index is 728. The molecule has 0 saturated heterocycles. The third kappa shape index (κ3) is 2.20. The minimum absolute atomic E-state index is 0.00910.